The lowest BCUT2D eigenvalue weighted by molar-refractivity contribution is -0.124. The Kier molecular flexibility index (Phi) is 4.50. The smallest absolute Gasteiger partial charge is 0.237 e. The van der Waals surface area contributed by atoms with Gasteiger partial charge in [-0.05, 0) is 42.2 Å². The highest BCUT2D eigenvalue weighted by atomic mass is 16.2. The second-order valence-electron chi connectivity index (χ2n) is 6.57. The van der Waals surface area contributed by atoms with E-state index in [4.69, 9.17) is 0 Å². The standard InChI is InChI=1S/C20H21N5O/c1-14(15-7-4-8-18(9-15)25-13-21-12-23-25)24-20(26)19-10-16-5-2-3-6-17(16)11-22-19/h2-9,12-14,19,22H,10-11H2,1H3,(H,24,26)/t14-,19+/m0/s1. The maximum atomic E-state index is 12.7. The van der Waals surface area contributed by atoms with Crippen LogP contribution in [-0.4, -0.2) is 26.7 Å². The third-order valence-corrected chi connectivity index (χ3v) is 4.81. The van der Waals surface area contributed by atoms with Crippen molar-refractivity contribution in [3.63, 3.8) is 0 Å². The lowest BCUT2D eigenvalue weighted by Crippen LogP contribution is -2.48. The first kappa shape index (κ1) is 16.5. The number of rotatable bonds is 4. The van der Waals surface area contributed by atoms with Crippen molar-refractivity contribution in [2.75, 3.05) is 0 Å². The van der Waals surface area contributed by atoms with Crippen LogP contribution in [0, 0.1) is 0 Å². The van der Waals surface area contributed by atoms with E-state index in [0.717, 1.165) is 17.8 Å². The second-order valence-corrected chi connectivity index (χ2v) is 6.57. The molecule has 0 saturated carbocycles. The molecule has 1 aliphatic heterocycles. The number of carbonyl (C=O) groups excluding carboxylic acids is 1. The largest absolute Gasteiger partial charge is 0.348 e. The number of amides is 1. The van der Waals surface area contributed by atoms with E-state index in [9.17, 15) is 4.79 Å². The molecule has 4 rings (SSSR count). The first-order valence-electron chi connectivity index (χ1n) is 8.76. The van der Waals surface area contributed by atoms with Crippen molar-refractivity contribution in [2.24, 2.45) is 0 Å². The summed E-state index contributed by atoms with van der Waals surface area (Å²) in [6.45, 7) is 2.72. The summed E-state index contributed by atoms with van der Waals surface area (Å²) >= 11 is 0. The van der Waals surface area contributed by atoms with Gasteiger partial charge in [-0.15, -0.1) is 0 Å². The van der Waals surface area contributed by atoms with Crippen molar-refractivity contribution in [3.05, 3.63) is 77.9 Å². The molecule has 0 fully saturated rings. The van der Waals surface area contributed by atoms with E-state index in [2.05, 4.69) is 32.8 Å². The minimum Gasteiger partial charge on any atom is -0.348 e. The summed E-state index contributed by atoms with van der Waals surface area (Å²) < 4.78 is 1.71. The molecule has 2 N–H and O–H groups in total. The molecule has 2 atom stereocenters. The summed E-state index contributed by atoms with van der Waals surface area (Å²) in [6, 6.07) is 15.9. The molecule has 132 valence electrons. The number of hydrogen-bond acceptors (Lipinski definition) is 4. The Bertz CT molecular complexity index is 906. The Labute approximate surface area is 152 Å². The van der Waals surface area contributed by atoms with Crippen LogP contribution in [0.1, 0.15) is 29.7 Å². The van der Waals surface area contributed by atoms with Gasteiger partial charge in [0.1, 0.15) is 12.7 Å². The van der Waals surface area contributed by atoms with Crippen LogP contribution in [0.15, 0.2) is 61.2 Å². The van der Waals surface area contributed by atoms with Gasteiger partial charge in [0.05, 0.1) is 17.8 Å². The molecule has 0 radical (unpaired) electrons. The maximum Gasteiger partial charge on any atom is 0.237 e. The van der Waals surface area contributed by atoms with E-state index in [0.29, 0.717) is 6.42 Å². The van der Waals surface area contributed by atoms with E-state index >= 15 is 0 Å². The van der Waals surface area contributed by atoms with Gasteiger partial charge in [-0.3, -0.25) is 4.79 Å². The highest BCUT2D eigenvalue weighted by molar-refractivity contribution is 5.82. The van der Waals surface area contributed by atoms with Crippen molar-refractivity contribution in [1.82, 2.24) is 25.4 Å². The normalized spacial score (nSPS) is 17.3. The molecule has 1 amide bonds. The predicted molar refractivity (Wildman–Crippen MR) is 98.7 cm³/mol. The number of aromatic nitrogens is 3. The number of hydrogen-bond donors (Lipinski definition) is 2. The summed E-state index contributed by atoms with van der Waals surface area (Å²) in [4.78, 5) is 16.7. The molecule has 0 aliphatic carbocycles. The quantitative estimate of drug-likeness (QED) is 0.759. The fraction of sp³-hybridized carbons (Fsp3) is 0.250. The summed E-state index contributed by atoms with van der Waals surface area (Å²) in [7, 11) is 0. The summed E-state index contributed by atoms with van der Waals surface area (Å²) in [5.74, 6) is 0.0261. The lowest BCUT2D eigenvalue weighted by Gasteiger charge is -2.27. The van der Waals surface area contributed by atoms with Crippen molar-refractivity contribution >= 4 is 5.91 Å². The fourth-order valence-electron chi connectivity index (χ4n) is 3.32. The monoisotopic (exact) mass is 347 g/mol. The zero-order chi connectivity index (χ0) is 17.9. The van der Waals surface area contributed by atoms with Gasteiger partial charge in [-0.25, -0.2) is 9.67 Å². The Morgan fingerprint density at radius 2 is 2.08 bits per heavy atom. The van der Waals surface area contributed by atoms with Crippen molar-refractivity contribution in [1.29, 1.82) is 0 Å². The van der Waals surface area contributed by atoms with Gasteiger partial charge in [0.25, 0.3) is 0 Å². The summed E-state index contributed by atoms with van der Waals surface area (Å²) in [5.41, 5.74) is 4.46. The van der Waals surface area contributed by atoms with Crippen LogP contribution < -0.4 is 10.6 Å². The second kappa shape index (κ2) is 7.09. The molecule has 2 heterocycles. The van der Waals surface area contributed by atoms with Crippen LogP contribution in [0.5, 0.6) is 0 Å². The zero-order valence-corrected chi connectivity index (χ0v) is 14.6. The Morgan fingerprint density at radius 1 is 1.23 bits per heavy atom. The van der Waals surface area contributed by atoms with Crippen molar-refractivity contribution in [2.45, 2.75) is 32.0 Å². The molecule has 1 aromatic heterocycles. The number of nitrogens with one attached hydrogen (secondary N) is 2. The Hall–Kier alpha value is -2.99. The van der Waals surface area contributed by atoms with Gasteiger partial charge >= 0.3 is 0 Å². The third kappa shape index (κ3) is 3.36. The van der Waals surface area contributed by atoms with Crippen LogP contribution >= 0.6 is 0 Å². The van der Waals surface area contributed by atoms with Gasteiger partial charge in [-0.2, -0.15) is 5.10 Å². The van der Waals surface area contributed by atoms with Crippen LogP contribution in [0.3, 0.4) is 0 Å². The molecule has 6 heteroatoms. The minimum atomic E-state index is -0.203. The van der Waals surface area contributed by atoms with Crippen LogP contribution in [0.4, 0.5) is 0 Å². The number of carbonyl (C=O) groups is 1. The van der Waals surface area contributed by atoms with E-state index in [1.54, 1.807) is 11.0 Å². The average molecular weight is 347 g/mol. The zero-order valence-electron chi connectivity index (χ0n) is 14.6. The van der Waals surface area contributed by atoms with E-state index < -0.39 is 0 Å². The molecule has 0 saturated heterocycles. The highest BCUT2D eigenvalue weighted by Gasteiger charge is 2.25. The predicted octanol–water partition coefficient (Wildman–Crippen LogP) is 2.16. The average Bonchev–Trinajstić information content (AvgIpc) is 3.22. The van der Waals surface area contributed by atoms with Gasteiger partial charge in [0.2, 0.25) is 5.91 Å². The Morgan fingerprint density at radius 3 is 2.88 bits per heavy atom. The molecule has 0 spiro atoms. The number of benzene rings is 2. The fourth-order valence-corrected chi connectivity index (χ4v) is 3.32. The first-order valence-corrected chi connectivity index (χ1v) is 8.76. The van der Waals surface area contributed by atoms with Crippen LogP contribution in [0.25, 0.3) is 5.69 Å². The van der Waals surface area contributed by atoms with E-state index in [-0.39, 0.29) is 18.0 Å². The SMILES string of the molecule is C[C@H](NC(=O)[C@H]1Cc2ccccc2CN1)c1cccc(-n2cncn2)c1. The number of fused-ring (bicyclic) bond motifs is 1. The van der Waals surface area contributed by atoms with Crippen molar-refractivity contribution in [3.8, 4) is 5.69 Å². The van der Waals surface area contributed by atoms with Crippen LogP contribution in [-0.2, 0) is 17.8 Å². The van der Waals surface area contributed by atoms with E-state index in [1.807, 2.05) is 43.3 Å². The molecule has 6 nitrogen and oxygen atoms in total. The molecular formula is C20H21N5O. The topological polar surface area (TPSA) is 71.8 Å². The lowest BCUT2D eigenvalue weighted by atomic mass is 9.95. The third-order valence-electron chi connectivity index (χ3n) is 4.81. The molecule has 26 heavy (non-hydrogen) atoms. The van der Waals surface area contributed by atoms with E-state index in [1.165, 1.54) is 17.5 Å². The molecule has 3 aromatic rings. The Balaban J connectivity index is 1.44. The van der Waals surface area contributed by atoms with Gasteiger partial charge < -0.3 is 10.6 Å². The number of nitrogens with zero attached hydrogens (tertiary/aromatic N) is 3. The van der Waals surface area contributed by atoms with Crippen molar-refractivity contribution < 1.29 is 4.79 Å². The molecule has 0 bridgehead atoms. The molecule has 1 aliphatic rings. The summed E-state index contributed by atoms with van der Waals surface area (Å²) in [6.07, 6.45) is 3.88. The van der Waals surface area contributed by atoms with Gasteiger partial charge in [-0.1, -0.05) is 36.4 Å². The van der Waals surface area contributed by atoms with Crippen LogP contribution in [0.2, 0.25) is 0 Å². The molecule has 0 unspecified atom stereocenters. The summed E-state index contributed by atoms with van der Waals surface area (Å²) in [5, 5.41) is 10.6. The first-order chi connectivity index (χ1) is 12.7. The van der Waals surface area contributed by atoms with Gasteiger partial charge in [0.15, 0.2) is 0 Å². The maximum absolute atomic E-state index is 12.7. The molecule has 2 aromatic carbocycles. The van der Waals surface area contributed by atoms with Gasteiger partial charge in [0, 0.05) is 6.54 Å². The molecular weight excluding hydrogens is 326 g/mol. The highest BCUT2D eigenvalue weighted by Crippen LogP contribution is 2.19. The minimum absolute atomic E-state index is 0.0261.